The van der Waals surface area contributed by atoms with Gasteiger partial charge in [-0.15, -0.1) is 0 Å². The summed E-state index contributed by atoms with van der Waals surface area (Å²) in [6.07, 6.45) is 2.14. The van der Waals surface area contributed by atoms with Gasteiger partial charge in [-0.3, -0.25) is 4.57 Å². The Kier molecular flexibility index (Phi) is 4.83. The Hall–Kier alpha value is -2.36. The Balaban J connectivity index is 1.46. The molecule has 0 aliphatic carbocycles. The van der Waals surface area contributed by atoms with Crippen molar-refractivity contribution in [3.05, 3.63) is 12.2 Å². The third-order valence-electron chi connectivity index (χ3n) is 5.57. The van der Waals surface area contributed by atoms with E-state index in [9.17, 15) is 5.26 Å². The number of aromatic nitrogens is 4. The van der Waals surface area contributed by atoms with Crippen molar-refractivity contribution in [1.82, 2.24) is 19.5 Å². The highest BCUT2D eigenvalue weighted by molar-refractivity contribution is 5.82. The van der Waals surface area contributed by atoms with Crippen LogP contribution in [-0.2, 0) is 23.7 Å². The molecule has 3 aliphatic rings. The predicted molar refractivity (Wildman–Crippen MR) is 102 cm³/mol. The molecule has 5 rings (SSSR count). The van der Waals surface area contributed by atoms with E-state index in [-0.39, 0.29) is 30.6 Å². The van der Waals surface area contributed by atoms with E-state index in [2.05, 4.69) is 21.0 Å². The van der Waals surface area contributed by atoms with E-state index in [1.54, 1.807) is 4.57 Å². The SMILES string of the molecule is CC1(C)O[C@@H]2[C@H](O1)[C@@H](COC1CCCCO1)O[C@H]2n1c(C#N)nc2c(N)ncnc21. The zero-order valence-electron chi connectivity index (χ0n) is 16.9. The van der Waals surface area contributed by atoms with Crippen LogP contribution < -0.4 is 5.73 Å². The van der Waals surface area contributed by atoms with E-state index in [0.29, 0.717) is 17.8 Å². The first-order valence-corrected chi connectivity index (χ1v) is 10.1. The summed E-state index contributed by atoms with van der Waals surface area (Å²) in [5.74, 6) is -0.483. The maximum atomic E-state index is 9.66. The molecule has 0 spiro atoms. The summed E-state index contributed by atoms with van der Waals surface area (Å²) < 4.78 is 31.8. The van der Waals surface area contributed by atoms with Crippen molar-refractivity contribution < 1.29 is 23.7 Å². The van der Waals surface area contributed by atoms with E-state index in [1.165, 1.54) is 6.33 Å². The predicted octanol–water partition coefficient (Wildman–Crippen LogP) is 1.24. The van der Waals surface area contributed by atoms with Crippen LogP contribution in [0.3, 0.4) is 0 Å². The maximum Gasteiger partial charge on any atom is 0.217 e. The Morgan fingerprint density at radius 3 is 2.90 bits per heavy atom. The molecule has 11 heteroatoms. The topological polar surface area (TPSA) is 140 Å². The van der Waals surface area contributed by atoms with Gasteiger partial charge in [0.1, 0.15) is 30.7 Å². The van der Waals surface area contributed by atoms with Gasteiger partial charge < -0.3 is 29.4 Å². The third kappa shape index (κ3) is 3.30. The van der Waals surface area contributed by atoms with Crippen LogP contribution in [0.15, 0.2) is 6.33 Å². The normalized spacial score (nSPS) is 32.9. The highest BCUT2D eigenvalue weighted by Gasteiger charge is 2.56. The van der Waals surface area contributed by atoms with Crippen molar-refractivity contribution in [2.75, 3.05) is 18.9 Å². The minimum Gasteiger partial charge on any atom is -0.382 e. The number of nitriles is 1. The molecule has 2 N–H and O–H groups in total. The van der Waals surface area contributed by atoms with Crippen LogP contribution in [0.25, 0.3) is 11.2 Å². The number of anilines is 1. The number of hydrogen-bond donors (Lipinski definition) is 1. The summed E-state index contributed by atoms with van der Waals surface area (Å²) in [5, 5.41) is 9.66. The average Bonchev–Trinajstić information content (AvgIpc) is 3.36. The van der Waals surface area contributed by atoms with Crippen LogP contribution in [0, 0.1) is 11.3 Å². The Labute approximate surface area is 173 Å². The van der Waals surface area contributed by atoms with Gasteiger partial charge in [-0.25, -0.2) is 15.0 Å². The molecule has 0 radical (unpaired) electrons. The average molecular weight is 416 g/mol. The van der Waals surface area contributed by atoms with Gasteiger partial charge in [0.05, 0.1) is 6.61 Å². The van der Waals surface area contributed by atoms with E-state index < -0.39 is 24.2 Å². The fourth-order valence-electron chi connectivity index (χ4n) is 4.29. The number of rotatable bonds is 4. The summed E-state index contributed by atoms with van der Waals surface area (Å²) in [7, 11) is 0. The number of ether oxygens (including phenoxy) is 5. The van der Waals surface area contributed by atoms with E-state index >= 15 is 0 Å². The van der Waals surface area contributed by atoms with Gasteiger partial charge in [0.15, 0.2) is 35.3 Å². The number of fused-ring (bicyclic) bond motifs is 2. The number of hydrogen-bond acceptors (Lipinski definition) is 10. The highest BCUT2D eigenvalue weighted by Crippen LogP contribution is 2.44. The van der Waals surface area contributed by atoms with Crippen molar-refractivity contribution in [1.29, 1.82) is 5.26 Å². The Bertz CT molecular complexity index is 982. The number of nitrogen functional groups attached to an aromatic ring is 1. The maximum absolute atomic E-state index is 9.66. The fourth-order valence-corrected chi connectivity index (χ4v) is 4.29. The summed E-state index contributed by atoms with van der Waals surface area (Å²) in [4.78, 5) is 12.5. The molecule has 0 aromatic carbocycles. The van der Waals surface area contributed by atoms with Crippen LogP contribution in [0.1, 0.15) is 45.2 Å². The lowest BCUT2D eigenvalue weighted by atomic mass is 10.1. The standard InChI is InChI=1S/C19H24N6O5/c1-19(2)29-14-10(8-27-12-5-3-4-6-26-12)28-18(15(14)30-19)25-11(7-20)24-13-16(21)22-9-23-17(13)25/h9-10,12,14-15,18H,3-6,8H2,1-2H3,(H2,21,22,23)/t10-,12?,14-,15-,18-/m1/s1. The van der Waals surface area contributed by atoms with Gasteiger partial charge in [-0.05, 0) is 33.1 Å². The van der Waals surface area contributed by atoms with Crippen molar-refractivity contribution >= 4 is 17.0 Å². The molecule has 1 unspecified atom stereocenters. The first-order valence-electron chi connectivity index (χ1n) is 10.1. The van der Waals surface area contributed by atoms with Crippen LogP contribution >= 0.6 is 0 Å². The molecule has 2 aromatic rings. The van der Waals surface area contributed by atoms with E-state index in [0.717, 1.165) is 19.3 Å². The van der Waals surface area contributed by atoms with Crippen LogP contribution in [0.2, 0.25) is 0 Å². The van der Waals surface area contributed by atoms with Crippen LogP contribution in [0.4, 0.5) is 5.82 Å². The molecule has 3 aliphatic heterocycles. The molecule has 160 valence electrons. The van der Waals surface area contributed by atoms with Gasteiger partial charge in [0.2, 0.25) is 5.82 Å². The second-order valence-corrected chi connectivity index (χ2v) is 8.11. The fraction of sp³-hybridized carbons (Fsp3) is 0.684. The van der Waals surface area contributed by atoms with Crippen molar-refractivity contribution in [2.24, 2.45) is 0 Å². The van der Waals surface area contributed by atoms with E-state index in [4.69, 9.17) is 29.4 Å². The lowest BCUT2D eigenvalue weighted by Gasteiger charge is -2.27. The molecule has 0 amide bonds. The van der Waals surface area contributed by atoms with Crippen LogP contribution in [-0.4, -0.2) is 63.1 Å². The molecular formula is C19H24N6O5. The zero-order chi connectivity index (χ0) is 20.9. The minimum atomic E-state index is -0.797. The van der Waals surface area contributed by atoms with Crippen molar-refractivity contribution in [3.8, 4) is 6.07 Å². The van der Waals surface area contributed by atoms with E-state index in [1.807, 2.05) is 13.8 Å². The smallest absolute Gasteiger partial charge is 0.217 e. The lowest BCUT2D eigenvalue weighted by molar-refractivity contribution is -0.219. The molecule has 5 atom stereocenters. The van der Waals surface area contributed by atoms with Gasteiger partial charge in [-0.1, -0.05) is 0 Å². The summed E-state index contributed by atoms with van der Waals surface area (Å²) in [6.45, 7) is 4.68. The molecule has 30 heavy (non-hydrogen) atoms. The quantitative estimate of drug-likeness (QED) is 0.774. The first-order chi connectivity index (χ1) is 14.5. The molecule has 0 saturated carbocycles. The van der Waals surface area contributed by atoms with Gasteiger partial charge in [0.25, 0.3) is 0 Å². The summed E-state index contributed by atoms with van der Waals surface area (Å²) >= 11 is 0. The molecule has 11 nitrogen and oxygen atoms in total. The highest BCUT2D eigenvalue weighted by atomic mass is 16.8. The number of nitrogens with two attached hydrogens (primary N) is 1. The first kappa shape index (κ1) is 19.6. The second kappa shape index (κ2) is 7.40. The van der Waals surface area contributed by atoms with Crippen LogP contribution in [0.5, 0.6) is 0 Å². The monoisotopic (exact) mass is 416 g/mol. The Morgan fingerprint density at radius 1 is 1.30 bits per heavy atom. The lowest BCUT2D eigenvalue weighted by Crippen LogP contribution is -2.35. The van der Waals surface area contributed by atoms with Crippen molar-refractivity contribution in [3.63, 3.8) is 0 Å². The summed E-state index contributed by atoms with van der Waals surface area (Å²) in [5.41, 5.74) is 6.69. The van der Waals surface area contributed by atoms with Gasteiger partial charge >= 0.3 is 0 Å². The number of nitrogens with zero attached hydrogens (tertiary/aromatic N) is 5. The van der Waals surface area contributed by atoms with Gasteiger partial charge in [0, 0.05) is 6.61 Å². The molecule has 0 bridgehead atoms. The zero-order valence-corrected chi connectivity index (χ0v) is 16.9. The Morgan fingerprint density at radius 2 is 2.13 bits per heavy atom. The molecular weight excluding hydrogens is 392 g/mol. The summed E-state index contributed by atoms with van der Waals surface area (Å²) in [6, 6.07) is 2.09. The molecule has 3 saturated heterocycles. The molecule has 3 fully saturated rings. The number of imidazole rings is 1. The minimum absolute atomic E-state index is 0.117. The largest absolute Gasteiger partial charge is 0.382 e. The molecule has 5 heterocycles. The second-order valence-electron chi connectivity index (χ2n) is 8.11. The van der Waals surface area contributed by atoms with Crippen molar-refractivity contribution in [2.45, 2.75) is 69.7 Å². The molecule has 2 aromatic heterocycles. The third-order valence-corrected chi connectivity index (χ3v) is 5.57. The van der Waals surface area contributed by atoms with Gasteiger partial charge in [-0.2, -0.15) is 5.26 Å².